The summed E-state index contributed by atoms with van der Waals surface area (Å²) in [6, 6.07) is 0. The van der Waals surface area contributed by atoms with E-state index < -0.39 is 5.97 Å². The molecule has 1 rings (SSSR count). The van der Waals surface area contributed by atoms with Crippen molar-refractivity contribution < 1.29 is 14.6 Å². The molecule has 0 amide bonds. The van der Waals surface area contributed by atoms with Crippen molar-refractivity contribution in [1.82, 2.24) is 0 Å². The van der Waals surface area contributed by atoms with Crippen LogP contribution in [0.25, 0.3) is 0 Å². The number of unbranched alkanes of at least 4 members (excludes halogenated alkanes) is 3. The number of carboxylic acids is 1. The quantitative estimate of drug-likeness (QED) is 0.320. The van der Waals surface area contributed by atoms with Crippen molar-refractivity contribution >= 4 is 5.97 Å². The van der Waals surface area contributed by atoms with Gasteiger partial charge in [0.15, 0.2) is 0 Å². The number of aliphatic carboxylic acids is 1. The van der Waals surface area contributed by atoms with Gasteiger partial charge in [-0.2, -0.15) is 0 Å². The standard InChI is InChI=1S/C20H30O3/c1-2-3-12-15-18-19(23-18)16-13-10-8-6-4-5-7-9-11-14-17-20(21)22/h4,6-7,9-10,13H,2-3,5,8,11-12,14-17H2,1H3,(H,21,22)/b6-4-,9-7-,13-10-. The lowest BCUT2D eigenvalue weighted by Gasteiger charge is -1.89. The lowest BCUT2D eigenvalue weighted by atomic mass is 10.2. The Balaban J connectivity index is 1.96. The third-order valence-corrected chi connectivity index (χ3v) is 3.63. The lowest BCUT2D eigenvalue weighted by Crippen LogP contribution is -1.92. The van der Waals surface area contributed by atoms with E-state index in [0.717, 1.165) is 38.5 Å². The first-order chi connectivity index (χ1) is 11.2. The van der Waals surface area contributed by atoms with E-state index in [1.54, 1.807) is 0 Å². The predicted octanol–water partition coefficient (Wildman–Crippen LogP) is 5.90. The minimum Gasteiger partial charge on any atom is -0.481 e. The summed E-state index contributed by atoms with van der Waals surface area (Å²) in [5.41, 5.74) is 0. The van der Waals surface area contributed by atoms with E-state index >= 15 is 0 Å². The number of rotatable bonds is 14. The van der Waals surface area contributed by atoms with E-state index in [9.17, 15) is 4.79 Å². The topological polar surface area (TPSA) is 49.8 Å². The fraction of sp³-hybridized carbons (Fsp3) is 0.550. The minimum absolute atomic E-state index is 0.255. The minimum atomic E-state index is -0.717. The first-order valence-corrected chi connectivity index (χ1v) is 8.80. The molecule has 0 atom stereocenters. The summed E-state index contributed by atoms with van der Waals surface area (Å²) in [4.78, 5) is 10.3. The van der Waals surface area contributed by atoms with E-state index in [4.69, 9.17) is 9.84 Å². The molecule has 0 aliphatic carbocycles. The monoisotopic (exact) mass is 318 g/mol. The summed E-state index contributed by atoms with van der Waals surface area (Å²) in [6.07, 6.45) is 22.3. The highest BCUT2D eigenvalue weighted by Gasteiger charge is 2.21. The molecule has 23 heavy (non-hydrogen) atoms. The van der Waals surface area contributed by atoms with Gasteiger partial charge in [-0.1, -0.05) is 56.2 Å². The van der Waals surface area contributed by atoms with Gasteiger partial charge in [0.25, 0.3) is 0 Å². The van der Waals surface area contributed by atoms with Gasteiger partial charge in [-0.15, -0.1) is 0 Å². The van der Waals surface area contributed by atoms with Crippen LogP contribution in [0.15, 0.2) is 48.0 Å². The molecule has 1 heterocycles. The molecule has 3 nitrogen and oxygen atoms in total. The van der Waals surface area contributed by atoms with Crippen LogP contribution in [0.3, 0.4) is 0 Å². The number of carbonyl (C=O) groups is 1. The lowest BCUT2D eigenvalue weighted by molar-refractivity contribution is -0.137. The summed E-state index contributed by atoms with van der Waals surface area (Å²) in [5, 5.41) is 8.51. The molecule has 0 saturated carbocycles. The maximum Gasteiger partial charge on any atom is 0.303 e. The molecule has 0 aromatic rings. The zero-order valence-corrected chi connectivity index (χ0v) is 14.3. The molecule has 0 aromatic heterocycles. The Morgan fingerprint density at radius 2 is 1.65 bits per heavy atom. The van der Waals surface area contributed by atoms with Crippen molar-refractivity contribution in [3.63, 3.8) is 0 Å². The first kappa shape index (κ1) is 19.3. The summed E-state index contributed by atoms with van der Waals surface area (Å²) in [5.74, 6) is 1.67. The number of hydrogen-bond acceptors (Lipinski definition) is 2. The molecule has 0 radical (unpaired) electrons. The van der Waals surface area contributed by atoms with Crippen LogP contribution in [0.2, 0.25) is 0 Å². The molecule has 1 N–H and O–H groups in total. The maximum absolute atomic E-state index is 10.3. The van der Waals surface area contributed by atoms with Crippen LogP contribution >= 0.6 is 0 Å². The average Bonchev–Trinajstić information content (AvgIpc) is 3.27. The highest BCUT2D eigenvalue weighted by molar-refractivity contribution is 5.66. The van der Waals surface area contributed by atoms with Crippen molar-refractivity contribution in [2.75, 3.05) is 0 Å². The molecular formula is C20H30O3. The van der Waals surface area contributed by atoms with Gasteiger partial charge in [0.05, 0.1) is 0 Å². The third-order valence-electron chi connectivity index (χ3n) is 3.63. The fourth-order valence-electron chi connectivity index (χ4n) is 2.23. The Labute approximate surface area is 140 Å². The Kier molecular flexibility index (Phi) is 10.7. The number of ether oxygens (including phenoxy) is 1. The van der Waals surface area contributed by atoms with E-state index in [1.165, 1.54) is 30.8 Å². The van der Waals surface area contributed by atoms with Crippen molar-refractivity contribution in [2.24, 2.45) is 0 Å². The van der Waals surface area contributed by atoms with Crippen molar-refractivity contribution in [2.45, 2.75) is 71.1 Å². The van der Waals surface area contributed by atoms with E-state index in [-0.39, 0.29) is 6.42 Å². The second kappa shape index (κ2) is 12.7. The Hall–Kier alpha value is -1.77. The molecular weight excluding hydrogens is 288 g/mol. The van der Waals surface area contributed by atoms with Gasteiger partial charge in [-0.25, -0.2) is 0 Å². The second-order valence-corrected chi connectivity index (χ2v) is 5.78. The van der Waals surface area contributed by atoms with Crippen LogP contribution in [-0.2, 0) is 9.53 Å². The van der Waals surface area contributed by atoms with Gasteiger partial charge in [0, 0.05) is 19.3 Å². The van der Waals surface area contributed by atoms with Crippen LogP contribution in [0.1, 0.15) is 71.1 Å². The van der Waals surface area contributed by atoms with Gasteiger partial charge < -0.3 is 9.84 Å². The summed E-state index contributed by atoms with van der Waals surface area (Å²) in [6.45, 7) is 2.22. The number of allylic oxidation sites excluding steroid dienone is 7. The normalized spacial score (nSPS) is 14.3. The summed E-state index contributed by atoms with van der Waals surface area (Å²) in [7, 11) is 0. The van der Waals surface area contributed by atoms with Crippen LogP contribution < -0.4 is 0 Å². The molecule has 1 aliphatic heterocycles. The Morgan fingerprint density at radius 1 is 0.957 bits per heavy atom. The third kappa shape index (κ3) is 11.5. The van der Waals surface area contributed by atoms with Crippen LogP contribution in [-0.4, -0.2) is 11.1 Å². The average molecular weight is 318 g/mol. The predicted molar refractivity (Wildman–Crippen MR) is 95.0 cm³/mol. The van der Waals surface area contributed by atoms with Gasteiger partial charge >= 0.3 is 5.97 Å². The molecule has 1 aliphatic rings. The molecule has 0 aromatic carbocycles. The Bertz CT molecular complexity index is 456. The zero-order valence-electron chi connectivity index (χ0n) is 14.3. The maximum atomic E-state index is 10.3. The zero-order chi connectivity index (χ0) is 16.8. The summed E-state index contributed by atoms with van der Waals surface area (Å²) >= 11 is 0. The highest BCUT2D eigenvalue weighted by atomic mass is 16.6. The van der Waals surface area contributed by atoms with Crippen molar-refractivity contribution in [3.8, 4) is 0 Å². The van der Waals surface area contributed by atoms with Gasteiger partial charge in [0.2, 0.25) is 0 Å². The first-order valence-electron chi connectivity index (χ1n) is 8.80. The molecule has 128 valence electrons. The fourth-order valence-corrected chi connectivity index (χ4v) is 2.23. The molecule has 0 spiro atoms. The smallest absolute Gasteiger partial charge is 0.303 e. The largest absolute Gasteiger partial charge is 0.481 e. The highest BCUT2D eigenvalue weighted by Crippen LogP contribution is 2.33. The summed E-state index contributed by atoms with van der Waals surface area (Å²) < 4.78 is 5.49. The van der Waals surface area contributed by atoms with Crippen LogP contribution in [0.5, 0.6) is 0 Å². The molecule has 3 heteroatoms. The number of hydrogen-bond donors (Lipinski definition) is 1. The van der Waals surface area contributed by atoms with Gasteiger partial charge in [-0.3, -0.25) is 4.79 Å². The van der Waals surface area contributed by atoms with Gasteiger partial charge in [-0.05, 0) is 32.1 Å². The van der Waals surface area contributed by atoms with Crippen LogP contribution in [0.4, 0.5) is 0 Å². The molecule has 0 bridgehead atoms. The second-order valence-electron chi connectivity index (χ2n) is 5.78. The van der Waals surface area contributed by atoms with Gasteiger partial charge in [0.1, 0.15) is 11.5 Å². The number of carboxylic acid groups (broad SMARTS) is 1. The van der Waals surface area contributed by atoms with Crippen molar-refractivity contribution in [3.05, 3.63) is 48.0 Å². The molecule has 0 unspecified atom stereocenters. The van der Waals surface area contributed by atoms with E-state index in [2.05, 4.69) is 43.4 Å². The van der Waals surface area contributed by atoms with Crippen LogP contribution in [0, 0.1) is 0 Å². The van der Waals surface area contributed by atoms with E-state index in [0.29, 0.717) is 0 Å². The van der Waals surface area contributed by atoms with E-state index in [1.807, 2.05) is 0 Å². The van der Waals surface area contributed by atoms with Crippen molar-refractivity contribution in [1.29, 1.82) is 0 Å². The SMILES string of the molecule is CCCCCC1=C(C/C=C\C/C=C\C/C=C\CCCC(=O)O)O1. The molecule has 0 fully saturated rings. The molecule has 0 saturated heterocycles. The Morgan fingerprint density at radius 3 is 2.35 bits per heavy atom.